The molecule has 0 radical (unpaired) electrons. The summed E-state index contributed by atoms with van der Waals surface area (Å²) in [5.41, 5.74) is 2.54. The number of aromatic nitrogens is 1. The van der Waals surface area contributed by atoms with Crippen molar-refractivity contribution in [2.24, 2.45) is 0 Å². The van der Waals surface area contributed by atoms with Gasteiger partial charge < -0.3 is 9.84 Å². The first-order valence-corrected chi connectivity index (χ1v) is 12.2. The molecule has 0 aliphatic carbocycles. The van der Waals surface area contributed by atoms with E-state index < -0.39 is 17.7 Å². The molecule has 34 heavy (non-hydrogen) atoms. The summed E-state index contributed by atoms with van der Waals surface area (Å²) < 4.78 is 6.50. The summed E-state index contributed by atoms with van der Waals surface area (Å²) in [7, 11) is 0. The van der Waals surface area contributed by atoms with Crippen molar-refractivity contribution < 1.29 is 19.4 Å². The lowest BCUT2D eigenvalue weighted by molar-refractivity contribution is -0.117. The zero-order chi connectivity index (χ0) is 23.8. The highest BCUT2D eigenvalue weighted by Crippen LogP contribution is 2.44. The maximum atomic E-state index is 13.4. The van der Waals surface area contributed by atoms with Gasteiger partial charge in [0, 0.05) is 0 Å². The minimum atomic E-state index is -0.822. The number of aliphatic hydroxyl groups is 1. The van der Waals surface area contributed by atoms with Gasteiger partial charge in [-0.1, -0.05) is 48.3 Å². The average molecular weight is 489 g/mol. The number of hydrogen-bond donors (Lipinski definition) is 1. The predicted octanol–water partition coefficient (Wildman–Crippen LogP) is 6.01. The van der Waals surface area contributed by atoms with Gasteiger partial charge in [0.2, 0.25) is 5.78 Å². The van der Waals surface area contributed by atoms with Crippen molar-refractivity contribution in [2.45, 2.75) is 13.0 Å². The van der Waals surface area contributed by atoms with Crippen LogP contribution in [0.5, 0.6) is 5.75 Å². The Morgan fingerprint density at radius 3 is 2.74 bits per heavy atom. The predicted molar refractivity (Wildman–Crippen MR) is 135 cm³/mol. The topological polar surface area (TPSA) is 79.7 Å². The normalized spacial score (nSPS) is 15.9. The van der Waals surface area contributed by atoms with Crippen LogP contribution >= 0.6 is 22.7 Å². The van der Waals surface area contributed by atoms with E-state index in [0.717, 1.165) is 15.8 Å². The van der Waals surface area contributed by atoms with Gasteiger partial charge in [-0.15, -0.1) is 11.3 Å². The highest BCUT2D eigenvalue weighted by atomic mass is 32.1. The standard InChI is InChI=1S/C26H20N2O4S2/c1-3-12-32-17-9-7-16(8-10-17)22-21(23(29)19-5-4-13-33-19)24(30)25(31)28(22)26-27-18-11-6-15(2)14-20(18)34-26/h3-11,13-14,22,30H,1,12H2,2H3/t22-/m0/s1. The lowest BCUT2D eigenvalue weighted by Crippen LogP contribution is -2.30. The lowest BCUT2D eigenvalue weighted by atomic mass is 9.95. The molecule has 4 aromatic rings. The number of anilines is 1. The van der Waals surface area contributed by atoms with E-state index >= 15 is 0 Å². The van der Waals surface area contributed by atoms with E-state index in [4.69, 9.17) is 4.74 Å². The molecule has 0 fully saturated rings. The van der Waals surface area contributed by atoms with Gasteiger partial charge in [-0.05, 0) is 53.8 Å². The van der Waals surface area contributed by atoms with Crippen molar-refractivity contribution in [1.29, 1.82) is 0 Å². The molecule has 2 aromatic carbocycles. The molecule has 0 saturated heterocycles. The number of thiophene rings is 1. The molecule has 3 heterocycles. The number of rotatable bonds is 7. The summed E-state index contributed by atoms with van der Waals surface area (Å²) in [5.74, 6) is -0.940. The number of ketones is 1. The molecule has 0 saturated carbocycles. The van der Waals surface area contributed by atoms with Gasteiger partial charge in [-0.3, -0.25) is 14.5 Å². The second-order valence-electron chi connectivity index (χ2n) is 7.78. The Bertz CT molecular complexity index is 1440. The molecule has 6 nitrogen and oxygen atoms in total. The van der Waals surface area contributed by atoms with Gasteiger partial charge >= 0.3 is 0 Å². The van der Waals surface area contributed by atoms with Crippen LogP contribution in [0.3, 0.4) is 0 Å². The number of aryl methyl sites for hydroxylation is 1. The van der Waals surface area contributed by atoms with Crippen molar-refractivity contribution in [3.05, 3.63) is 100.0 Å². The number of carbonyl (C=O) groups is 2. The van der Waals surface area contributed by atoms with E-state index in [-0.39, 0.29) is 11.4 Å². The largest absolute Gasteiger partial charge is 0.503 e. The zero-order valence-corrected chi connectivity index (χ0v) is 19.9. The van der Waals surface area contributed by atoms with Gasteiger partial charge in [-0.25, -0.2) is 4.98 Å². The maximum Gasteiger partial charge on any atom is 0.296 e. The number of benzene rings is 2. The van der Waals surface area contributed by atoms with Crippen molar-refractivity contribution in [2.75, 3.05) is 11.5 Å². The van der Waals surface area contributed by atoms with Gasteiger partial charge in [0.05, 0.1) is 26.7 Å². The molecule has 1 N–H and O–H groups in total. The fourth-order valence-electron chi connectivity index (χ4n) is 3.91. The number of hydrogen-bond acceptors (Lipinski definition) is 7. The first-order chi connectivity index (χ1) is 16.5. The van der Waals surface area contributed by atoms with Crippen LogP contribution in [-0.2, 0) is 4.79 Å². The van der Waals surface area contributed by atoms with Crippen LogP contribution in [0.2, 0.25) is 0 Å². The summed E-state index contributed by atoms with van der Waals surface area (Å²) in [5, 5.41) is 13.1. The third kappa shape index (κ3) is 3.81. The van der Waals surface area contributed by atoms with Crippen LogP contribution in [0.1, 0.15) is 26.8 Å². The van der Waals surface area contributed by atoms with Crippen molar-refractivity contribution >= 4 is 49.7 Å². The number of nitrogens with zero attached hydrogens (tertiary/aromatic N) is 2. The smallest absolute Gasteiger partial charge is 0.296 e. The van der Waals surface area contributed by atoms with Crippen molar-refractivity contribution in [1.82, 2.24) is 4.98 Å². The molecule has 2 aromatic heterocycles. The number of amides is 1. The fraction of sp³-hybridized carbons (Fsp3) is 0.115. The number of carbonyl (C=O) groups excluding carboxylic acids is 2. The zero-order valence-electron chi connectivity index (χ0n) is 18.2. The number of ether oxygens (including phenoxy) is 1. The molecule has 0 spiro atoms. The van der Waals surface area contributed by atoms with Crippen molar-refractivity contribution in [3.63, 3.8) is 0 Å². The van der Waals surface area contributed by atoms with E-state index in [2.05, 4.69) is 11.6 Å². The van der Waals surface area contributed by atoms with Gasteiger partial charge in [0.15, 0.2) is 10.9 Å². The minimum absolute atomic E-state index is 0.0441. The third-order valence-corrected chi connectivity index (χ3v) is 7.39. The Labute approximate surface area is 204 Å². The second kappa shape index (κ2) is 8.89. The molecule has 1 atom stereocenters. The quantitative estimate of drug-likeness (QED) is 0.254. The summed E-state index contributed by atoms with van der Waals surface area (Å²) in [6, 6.07) is 15.6. The summed E-state index contributed by atoms with van der Waals surface area (Å²) >= 11 is 2.62. The minimum Gasteiger partial charge on any atom is -0.503 e. The summed E-state index contributed by atoms with van der Waals surface area (Å²) in [6.45, 7) is 6.00. The lowest BCUT2D eigenvalue weighted by Gasteiger charge is -2.24. The molecular formula is C26H20N2O4S2. The van der Waals surface area contributed by atoms with Gasteiger partial charge in [0.1, 0.15) is 12.4 Å². The molecule has 1 aliphatic heterocycles. The molecule has 1 amide bonds. The number of aliphatic hydroxyl groups excluding tert-OH is 1. The molecule has 8 heteroatoms. The summed E-state index contributed by atoms with van der Waals surface area (Å²) in [4.78, 5) is 33.3. The second-order valence-corrected chi connectivity index (χ2v) is 9.74. The van der Waals surface area contributed by atoms with Crippen LogP contribution in [0.4, 0.5) is 5.13 Å². The molecular weight excluding hydrogens is 468 g/mol. The third-order valence-electron chi connectivity index (χ3n) is 5.50. The van der Waals surface area contributed by atoms with E-state index in [1.807, 2.05) is 25.1 Å². The van der Waals surface area contributed by atoms with Gasteiger partial charge in [0.25, 0.3) is 5.91 Å². The average Bonchev–Trinajstić information content (AvgIpc) is 3.56. The first kappa shape index (κ1) is 22.1. The van der Waals surface area contributed by atoms with Crippen LogP contribution in [-0.4, -0.2) is 28.4 Å². The first-order valence-electron chi connectivity index (χ1n) is 10.5. The Morgan fingerprint density at radius 1 is 1.24 bits per heavy atom. The summed E-state index contributed by atoms with van der Waals surface area (Å²) in [6.07, 6.45) is 1.65. The van der Waals surface area contributed by atoms with Crippen molar-refractivity contribution in [3.8, 4) is 5.75 Å². The molecule has 5 rings (SSSR count). The molecule has 0 unspecified atom stereocenters. The van der Waals surface area contributed by atoms with Crippen LogP contribution in [0.25, 0.3) is 10.2 Å². The molecule has 0 bridgehead atoms. The fourth-order valence-corrected chi connectivity index (χ4v) is 5.68. The molecule has 1 aliphatic rings. The number of thiazole rings is 1. The SMILES string of the molecule is C=CCOc1ccc([C@H]2C(C(=O)c3cccs3)=C(O)C(=O)N2c2nc3ccc(C)cc3s2)cc1. The van der Waals surface area contributed by atoms with Crippen LogP contribution in [0.15, 0.2) is 84.0 Å². The molecule has 170 valence electrons. The Balaban J connectivity index is 1.63. The van der Waals surface area contributed by atoms with Crippen LogP contribution in [0, 0.1) is 6.92 Å². The highest BCUT2D eigenvalue weighted by Gasteiger charge is 2.46. The van der Waals surface area contributed by atoms with E-state index in [0.29, 0.717) is 27.9 Å². The monoisotopic (exact) mass is 488 g/mol. The maximum absolute atomic E-state index is 13.4. The highest BCUT2D eigenvalue weighted by molar-refractivity contribution is 7.22. The van der Waals surface area contributed by atoms with E-state index in [1.165, 1.54) is 27.6 Å². The van der Waals surface area contributed by atoms with E-state index in [9.17, 15) is 14.7 Å². The van der Waals surface area contributed by atoms with Gasteiger partial charge in [-0.2, -0.15) is 0 Å². The Hall–Kier alpha value is -3.75. The number of Topliss-reactive ketones (excluding diaryl/α,β-unsaturated/α-hetero) is 1. The van der Waals surface area contributed by atoms with E-state index in [1.54, 1.807) is 47.9 Å². The number of fused-ring (bicyclic) bond motifs is 1. The Morgan fingerprint density at radius 2 is 2.03 bits per heavy atom. The van der Waals surface area contributed by atoms with Crippen LogP contribution < -0.4 is 9.64 Å². The Kier molecular flexibility index (Phi) is 5.77.